The lowest BCUT2D eigenvalue weighted by molar-refractivity contribution is -0.141. The number of hydrogen-bond donors (Lipinski definition) is 0. The van der Waals surface area contributed by atoms with Gasteiger partial charge in [0.15, 0.2) is 12.0 Å². The van der Waals surface area contributed by atoms with Crippen LogP contribution in [0.3, 0.4) is 0 Å². The highest BCUT2D eigenvalue weighted by molar-refractivity contribution is 5.71. The standard InChI is InChI=1S/C6H6O2.C4H7N3O2/c1-5-2-6(3-7)8-4-5;1-2-9-4(8)3-6-7-5/h2-4H,1H3;2-3H2,1H3. The average molecular weight is 239 g/mol. The van der Waals surface area contributed by atoms with Crippen molar-refractivity contribution in [2.24, 2.45) is 5.11 Å². The number of esters is 1. The molecule has 0 aliphatic rings. The van der Waals surface area contributed by atoms with Gasteiger partial charge in [-0.1, -0.05) is 5.11 Å². The van der Waals surface area contributed by atoms with Gasteiger partial charge < -0.3 is 9.15 Å². The highest BCUT2D eigenvalue weighted by Crippen LogP contribution is 2.01. The van der Waals surface area contributed by atoms with Crippen LogP contribution in [0.1, 0.15) is 23.0 Å². The molecule has 1 rings (SSSR count). The van der Waals surface area contributed by atoms with E-state index in [2.05, 4.69) is 14.8 Å². The Kier molecular flexibility index (Phi) is 7.79. The van der Waals surface area contributed by atoms with Crippen molar-refractivity contribution in [1.82, 2.24) is 0 Å². The molecule has 1 aromatic rings. The molecule has 0 saturated heterocycles. The third-order valence-electron chi connectivity index (χ3n) is 1.44. The zero-order valence-corrected chi connectivity index (χ0v) is 9.62. The van der Waals surface area contributed by atoms with Gasteiger partial charge in [0.05, 0.1) is 12.9 Å². The fourth-order valence-corrected chi connectivity index (χ4v) is 0.811. The minimum absolute atomic E-state index is 0.218. The molecule has 17 heavy (non-hydrogen) atoms. The molecule has 0 aliphatic heterocycles. The highest BCUT2D eigenvalue weighted by atomic mass is 16.5. The molecule has 0 bridgehead atoms. The smallest absolute Gasteiger partial charge is 0.311 e. The Balaban J connectivity index is 0.000000302. The van der Waals surface area contributed by atoms with Crippen LogP contribution < -0.4 is 0 Å². The zero-order chi connectivity index (χ0) is 13.1. The summed E-state index contributed by atoms with van der Waals surface area (Å²) in [5, 5.41) is 3.00. The van der Waals surface area contributed by atoms with Gasteiger partial charge in [0, 0.05) is 4.91 Å². The first kappa shape index (κ1) is 14.7. The first-order valence-electron chi connectivity index (χ1n) is 4.80. The first-order chi connectivity index (χ1) is 8.13. The quantitative estimate of drug-likeness (QED) is 0.264. The van der Waals surface area contributed by atoms with E-state index in [0.29, 0.717) is 18.7 Å². The third kappa shape index (κ3) is 7.64. The molecular formula is C10H13N3O4. The van der Waals surface area contributed by atoms with E-state index in [1.54, 1.807) is 19.3 Å². The topological polar surface area (TPSA) is 105 Å². The largest absolute Gasteiger partial charge is 0.466 e. The van der Waals surface area contributed by atoms with E-state index < -0.39 is 5.97 Å². The van der Waals surface area contributed by atoms with Crippen LogP contribution in [0.2, 0.25) is 0 Å². The van der Waals surface area contributed by atoms with Gasteiger partial charge in [-0.15, -0.1) is 0 Å². The van der Waals surface area contributed by atoms with Crippen LogP contribution in [-0.2, 0) is 9.53 Å². The fourth-order valence-electron chi connectivity index (χ4n) is 0.811. The lowest BCUT2D eigenvalue weighted by Crippen LogP contribution is -2.06. The van der Waals surface area contributed by atoms with Crippen molar-refractivity contribution < 1.29 is 18.7 Å². The second-order valence-electron chi connectivity index (χ2n) is 2.84. The van der Waals surface area contributed by atoms with Crippen molar-refractivity contribution in [3.8, 4) is 0 Å². The average Bonchev–Trinajstić information content (AvgIpc) is 2.74. The maximum Gasteiger partial charge on any atom is 0.311 e. The maximum absolute atomic E-state index is 10.3. The van der Waals surface area contributed by atoms with Crippen LogP contribution in [0.15, 0.2) is 21.9 Å². The van der Waals surface area contributed by atoms with Crippen molar-refractivity contribution in [3.05, 3.63) is 34.1 Å². The number of carbonyl (C=O) groups is 2. The molecule has 7 heteroatoms. The van der Waals surface area contributed by atoms with Crippen LogP contribution in [0, 0.1) is 6.92 Å². The minimum Gasteiger partial charge on any atom is -0.466 e. The number of azide groups is 1. The molecular weight excluding hydrogens is 226 g/mol. The van der Waals surface area contributed by atoms with Gasteiger partial charge in [0.1, 0.15) is 6.54 Å². The lowest BCUT2D eigenvalue weighted by Gasteiger charge is -1.94. The number of aryl methyl sites for hydroxylation is 1. The summed E-state index contributed by atoms with van der Waals surface area (Å²) >= 11 is 0. The van der Waals surface area contributed by atoms with Gasteiger partial charge in [-0.05, 0) is 31.0 Å². The Morgan fingerprint density at radius 1 is 1.71 bits per heavy atom. The number of aldehydes is 1. The van der Waals surface area contributed by atoms with Crippen LogP contribution in [0.25, 0.3) is 10.4 Å². The molecule has 0 unspecified atom stereocenters. The molecule has 92 valence electrons. The number of hydrogen-bond acceptors (Lipinski definition) is 5. The van der Waals surface area contributed by atoms with E-state index in [9.17, 15) is 9.59 Å². The summed E-state index contributed by atoms with van der Waals surface area (Å²) in [6, 6.07) is 1.69. The molecule has 0 fully saturated rings. The molecule has 0 aliphatic carbocycles. The van der Waals surface area contributed by atoms with Crippen molar-refractivity contribution in [3.63, 3.8) is 0 Å². The van der Waals surface area contributed by atoms with Gasteiger partial charge in [-0.25, -0.2) is 0 Å². The van der Waals surface area contributed by atoms with Gasteiger partial charge in [-0.2, -0.15) is 0 Å². The molecule has 7 nitrogen and oxygen atoms in total. The summed E-state index contributed by atoms with van der Waals surface area (Å²) in [6.45, 7) is 3.66. The van der Waals surface area contributed by atoms with Crippen LogP contribution in [0.4, 0.5) is 0 Å². The van der Waals surface area contributed by atoms with Gasteiger partial charge in [0.25, 0.3) is 0 Å². The van der Waals surface area contributed by atoms with Crippen LogP contribution in [0.5, 0.6) is 0 Å². The van der Waals surface area contributed by atoms with Crippen molar-refractivity contribution in [2.45, 2.75) is 13.8 Å². The Bertz CT molecular complexity index is 407. The number of furan rings is 1. The molecule has 0 radical (unpaired) electrons. The van der Waals surface area contributed by atoms with E-state index in [1.165, 1.54) is 0 Å². The zero-order valence-electron chi connectivity index (χ0n) is 9.62. The SMILES string of the molecule is CCOC(=O)CN=[N+]=[N-].Cc1coc(C=O)c1. The normalized spacial score (nSPS) is 8.35. The Morgan fingerprint density at radius 3 is 2.76 bits per heavy atom. The Morgan fingerprint density at radius 2 is 2.41 bits per heavy atom. The second kappa shape index (κ2) is 8.99. The molecule has 1 heterocycles. The molecule has 0 amide bonds. The predicted molar refractivity (Wildman–Crippen MR) is 59.5 cm³/mol. The van der Waals surface area contributed by atoms with E-state index in [1.807, 2.05) is 6.92 Å². The van der Waals surface area contributed by atoms with Gasteiger partial charge >= 0.3 is 5.97 Å². The summed E-state index contributed by atoms with van der Waals surface area (Å²) in [4.78, 5) is 22.6. The molecule has 0 saturated carbocycles. The minimum atomic E-state index is -0.490. The second-order valence-corrected chi connectivity index (χ2v) is 2.84. The van der Waals surface area contributed by atoms with Crippen molar-refractivity contribution in [2.75, 3.05) is 13.2 Å². The predicted octanol–water partition coefficient (Wildman–Crippen LogP) is 2.26. The fraction of sp³-hybridized carbons (Fsp3) is 0.400. The van der Waals surface area contributed by atoms with Crippen LogP contribution >= 0.6 is 0 Å². The van der Waals surface area contributed by atoms with E-state index >= 15 is 0 Å². The molecule has 0 atom stereocenters. The van der Waals surface area contributed by atoms with E-state index in [4.69, 9.17) is 9.95 Å². The Labute approximate surface area is 98.0 Å². The summed E-state index contributed by atoms with van der Waals surface area (Å²) in [5.41, 5.74) is 8.71. The van der Waals surface area contributed by atoms with Crippen LogP contribution in [-0.4, -0.2) is 25.4 Å². The molecule has 0 spiro atoms. The summed E-state index contributed by atoms with van der Waals surface area (Å²) < 4.78 is 9.19. The van der Waals surface area contributed by atoms with E-state index in [0.717, 1.165) is 5.56 Å². The third-order valence-corrected chi connectivity index (χ3v) is 1.44. The monoisotopic (exact) mass is 239 g/mol. The summed E-state index contributed by atoms with van der Waals surface area (Å²) in [5.74, 6) is -0.0993. The number of rotatable bonds is 4. The summed E-state index contributed by atoms with van der Waals surface area (Å²) in [7, 11) is 0. The van der Waals surface area contributed by atoms with E-state index in [-0.39, 0.29) is 6.54 Å². The lowest BCUT2D eigenvalue weighted by atomic mass is 10.3. The Hall–Kier alpha value is -2.27. The van der Waals surface area contributed by atoms with Gasteiger partial charge in [0.2, 0.25) is 0 Å². The van der Waals surface area contributed by atoms with Crippen molar-refractivity contribution >= 4 is 12.3 Å². The first-order valence-corrected chi connectivity index (χ1v) is 4.80. The number of nitrogens with zero attached hydrogens (tertiary/aromatic N) is 3. The molecule has 0 aromatic carbocycles. The highest BCUT2D eigenvalue weighted by Gasteiger charge is 1.95. The van der Waals surface area contributed by atoms with Crippen molar-refractivity contribution in [1.29, 1.82) is 0 Å². The molecule has 0 N–H and O–H groups in total. The number of ether oxygens (including phenoxy) is 1. The molecule has 1 aromatic heterocycles. The maximum atomic E-state index is 10.3. The number of carbonyl (C=O) groups excluding carboxylic acids is 2. The van der Waals surface area contributed by atoms with Gasteiger partial charge in [-0.3, -0.25) is 9.59 Å². The summed E-state index contributed by atoms with van der Waals surface area (Å²) in [6.07, 6.45) is 2.23.